The lowest BCUT2D eigenvalue weighted by molar-refractivity contribution is -0.697. The number of rotatable bonds is 6. The second-order valence-corrected chi connectivity index (χ2v) is 9.47. The van der Waals surface area contributed by atoms with Crippen LogP contribution in [0.5, 0.6) is 0 Å². The standard InChI is InChI=1S/C12H15F6N3O6S2/c1-2-19-5-6-20(8-19)4-3-9-7-26-10(27-9)21(28(22,23)11(13,14)15)29(24,25)12(16,17)18/h5-6,8-9H,2-4,7H2,1H3/q+2. The molecule has 0 amide bonds. The molecule has 1 aliphatic rings. The van der Waals surface area contributed by atoms with E-state index in [0.717, 1.165) is 0 Å². The SMILES string of the molecule is CCn1cc[n+](CCC2COC(=[N+](S(=O)(=O)C(F)(F)F)S(=O)(=O)C(F)(F)F)O2)c1. The fourth-order valence-electron chi connectivity index (χ4n) is 2.18. The molecule has 17 heteroatoms. The maximum absolute atomic E-state index is 12.8. The minimum Gasteiger partial charge on any atom is -0.409 e. The van der Waals surface area contributed by atoms with Gasteiger partial charge in [0.05, 0.1) is 16.5 Å². The average Bonchev–Trinajstić information content (AvgIpc) is 3.19. The number of hydrogen-bond donors (Lipinski definition) is 0. The predicted octanol–water partition coefficient (Wildman–Crippen LogP) is 0.669. The lowest BCUT2D eigenvalue weighted by Crippen LogP contribution is -2.46. The zero-order valence-electron chi connectivity index (χ0n) is 14.5. The van der Waals surface area contributed by atoms with E-state index in [9.17, 15) is 43.2 Å². The molecule has 0 bridgehead atoms. The highest BCUT2D eigenvalue weighted by Crippen LogP contribution is 2.33. The topological polar surface area (TPSA) is 98.6 Å². The second kappa shape index (κ2) is 7.66. The fraction of sp³-hybridized carbons (Fsp3) is 0.667. The molecule has 2 heterocycles. The molecule has 1 atom stereocenters. The van der Waals surface area contributed by atoms with Crippen molar-refractivity contribution in [2.75, 3.05) is 6.61 Å². The highest BCUT2D eigenvalue weighted by atomic mass is 32.3. The molecule has 0 aromatic carbocycles. The van der Waals surface area contributed by atoms with Crippen molar-refractivity contribution < 1.29 is 60.6 Å². The normalized spacial score (nSPS) is 18.4. The van der Waals surface area contributed by atoms with Crippen molar-refractivity contribution >= 4 is 26.1 Å². The van der Waals surface area contributed by atoms with Crippen molar-refractivity contribution in [2.45, 2.75) is 43.6 Å². The van der Waals surface area contributed by atoms with Crippen molar-refractivity contribution in [3.8, 4) is 0 Å². The van der Waals surface area contributed by atoms with Crippen LogP contribution in [0.1, 0.15) is 13.3 Å². The summed E-state index contributed by atoms with van der Waals surface area (Å²) in [6.45, 7) is 2.04. The Labute approximate surface area is 160 Å². The van der Waals surface area contributed by atoms with Gasteiger partial charge in [0.2, 0.25) is 6.33 Å². The highest BCUT2D eigenvalue weighted by Gasteiger charge is 2.70. The van der Waals surface area contributed by atoms with Crippen LogP contribution in [0.15, 0.2) is 18.7 Å². The number of imidazole rings is 1. The largest absolute Gasteiger partial charge is 0.586 e. The lowest BCUT2D eigenvalue weighted by atomic mass is 10.3. The van der Waals surface area contributed by atoms with Crippen LogP contribution in [0.3, 0.4) is 0 Å². The van der Waals surface area contributed by atoms with E-state index in [4.69, 9.17) is 0 Å². The van der Waals surface area contributed by atoms with Gasteiger partial charge in [-0.1, -0.05) is 0 Å². The van der Waals surface area contributed by atoms with Crippen LogP contribution in [-0.2, 0) is 42.6 Å². The Kier molecular flexibility index (Phi) is 6.14. The molecule has 2 rings (SSSR count). The van der Waals surface area contributed by atoms with Gasteiger partial charge in [-0.05, 0) is 6.92 Å². The second-order valence-electron chi connectivity index (χ2n) is 5.69. The van der Waals surface area contributed by atoms with Crippen LogP contribution in [-0.4, -0.2) is 54.6 Å². The molecule has 0 aliphatic carbocycles. The van der Waals surface area contributed by atoms with Gasteiger partial charge in [0.1, 0.15) is 25.1 Å². The van der Waals surface area contributed by atoms with E-state index in [2.05, 4.69) is 9.47 Å². The summed E-state index contributed by atoms with van der Waals surface area (Å²) in [5, 5.41) is 0. The zero-order chi connectivity index (χ0) is 22.3. The fourth-order valence-corrected chi connectivity index (χ4v) is 4.68. The van der Waals surface area contributed by atoms with Crippen molar-refractivity contribution in [3.63, 3.8) is 0 Å². The summed E-state index contributed by atoms with van der Waals surface area (Å²) < 4.78 is 133. The number of aromatic nitrogens is 2. The van der Waals surface area contributed by atoms with Crippen LogP contribution in [0.4, 0.5) is 26.3 Å². The van der Waals surface area contributed by atoms with Crippen LogP contribution in [0, 0.1) is 0 Å². The molecule has 1 unspecified atom stereocenters. The number of aryl methyl sites for hydroxylation is 2. The summed E-state index contributed by atoms with van der Waals surface area (Å²) in [4.78, 5) is 0. The van der Waals surface area contributed by atoms with Crippen LogP contribution in [0.2, 0.25) is 0 Å². The van der Waals surface area contributed by atoms with E-state index in [-0.39, 0.29) is 13.0 Å². The molecule has 1 aromatic rings. The Morgan fingerprint density at radius 3 is 2.14 bits per heavy atom. The summed E-state index contributed by atoms with van der Waals surface area (Å²) in [6.07, 6.45) is 1.87. The minimum atomic E-state index is -7.02. The molecule has 0 saturated carbocycles. The third kappa shape index (κ3) is 4.59. The first-order valence-corrected chi connectivity index (χ1v) is 10.6. The van der Waals surface area contributed by atoms with Gasteiger partial charge in [-0.3, -0.25) is 0 Å². The van der Waals surface area contributed by atoms with E-state index < -0.39 is 53.2 Å². The molecule has 0 radical (unpaired) electrons. The number of halogens is 6. The van der Waals surface area contributed by atoms with Crippen molar-refractivity contribution in [3.05, 3.63) is 18.7 Å². The van der Waals surface area contributed by atoms with E-state index in [0.29, 0.717) is 6.54 Å². The van der Waals surface area contributed by atoms with Gasteiger partial charge in [-0.2, -0.15) is 43.2 Å². The van der Waals surface area contributed by atoms with E-state index in [1.165, 1.54) is 0 Å². The highest BCUT2D eigenvalue weighted by molar-refractivity contribution is 7.98. The number of alkyl halides is 6. The van der Waals surface area contributed by atoms with Gasteiger partial charge in [-0.25, -0.2) is 9.13 Å². The third-order valence-electron chi connectivity index (χ3n) is 3.65. The molecule has 0 N–H and O–H groups in total. The molecule has 1 saturated heterocycles. The maximum atomic E-state index is 12.8. The monoisotopic (exact) mass is 475 g/mol. The molecule has 1 aliphatic heterocycles. The van der Waals surface area contributed by atoms with Crippen molar-refractivity contribution in [1.29, 1.82) is 0 Å². The number of ether oxygens (including phenoxy) is 2. The summed E-state index contributed by atoms with van der Waals surface area (Å²) in [6, 6.07) is 0. The van der Waals surface area contributed by atoms with Crippen molar-refractivity contribution in [1.82, 2.24) is 4.57 Å². The Morgan fingerprint density at radius 2 is 1.69 bits per heavy atom. The molecular weight excluding hydrogens is 460 g/mol. The first-order valence-electron chi connectivity index (χ1n) is 7.75. The van der Waals surface area contributed by atoms with E-state index >= 15 is 0 Å². The average molecular weight is 475 g/mol. The molecule has 29 heavy (non-hydrogen) atoms. The number of nitrogens with zero attached hydrogens (tertiary/aromatic N) is 3. The predicted molar refractivity (Wildman–Crippen MR) is 81.0 cm³/mol. The molecule has 0 spiro atoms. The Bertz CT molecular complexity index is 950. The first-order chi connectivity index (χ1) is 13.1. The van der Waals surface area contributed by atoms with Gasteiger partial charge < -0.3 is 9.47 Å². The van der Waals surface area contributed by atoms with Gasteiger partial charge in [0.15, 0.2) is 0 Å². The quantitative estimate of drug-likeness (QED) is 0.443. The Balaban J connectivity index is 2.36. The summed E-state index contributed by atoms with van der Waals surface area (Å²) in [7, 11) is -14.0. The van der Waals surface area contributed by atoms with E-state index in [1.54, 1.807) is 27.9 Å². The maximum Gasteiger partial charge on any atom is 0.586 e. The molecule has 1 aromatic heterocycles. The molecule has 9 nitrogen and oxygen atoms in total. The Morgan fingerprint density at radius 1 is 1.14 bits per heavy atom. The molecule has 1 fully saturated rings. The number of sulfonamides is 2. The third-order valence-corrected chi connectivity index (χ3v) is 7.17. The lowest BCUT2D eigenvalue weighted by Gasteiger charge is -2.09. The van der Waals surface area contributed by atoms with Gasteiger partial charge in [-0.15, -0.1) is 0 Å². The number of hydrogen-bond acceptors (Lipinski definition) is 6. The first kappa shape index (κ1) is 23.2. The van der Waals surface area contributed by atoms with Crippen molar-refractivity contribution in [2.24, 2.45) is 0 Å². The summed E-state index contributed by atoms with van der Waals surface area (Å²) in [5.41, 5.74) is -12.7. The summed E-state index contributed by atoms with van der Waals surface area (Å²) in [5.74, 6) is 0. The van der Waals surface area contributed by atoms with Gasteiger partial charge in [0, 0.05) is 6.42 Å². The van der Waals surface area contributed by atoms with Crippen LogP contribution >= 0.6 is 0 Å². The van der Waals surface area contributed by atoms with E-state index in [1.807, 2.05) is 6.92 Å². The summed E-state index contributed by atoms with van der Waals surface area (Å²) >= 11 is 0. The van der Waals surface area contributed by atoms with Crippen LogP contribution < -0.4 is 4.57 Å². The zero-order valence-corrected chi connectivity index (χ0v) is 16.1. The van der Waals surface area contributed by atoms with Gasteiger partial charge >= 0.3 is 37.1 Å². The molecular formula is C12H15F6N3O6S2+2. The Hall–Kier alpha value is -2.04. The minimum absolute atomic E-state index is 0.0200. The van der Waals surface area contributed by atoms with Gasteiger partial charge in [0.25, 0.3) is 0 Å². The van der Waals surface area contributed by atoms with Crippen LogP contribution in [0.25, 0.3) is 0 Å². The smallest absolute Gasteiger partial charge is 0.409 e. The molecule has 166 valence electrons.